The van der Waals surface area contributed by atoms with Crippen LogP contribution in [0.1, 0.15) is 31.9 Å². The van der Waals surface area contributed by atoms with Crippen LogP contribution in [-0.2, 0) is 11.0 Å². The summed E-state index contributed by atoms with van der Waals surface area (Å²) in [5, 5.41) is 3.10. The lowest BCUT2D eigenvalue weighted by molar-refractivity contribution is -0.141. The maximum absolute atomic E-state index is 12.7. The van der Waals surface area contributed by atoms with Gasteiger partial charge in [-0.1, -0.05) is 0 Å². The number of carbonyl (C=O) groups is 1. The molecule has 1 amide bonds. The van der Waals surface area contributed by atoms with Crippen molar-refractivity contribution in [3.63, 3.8) is 0 Å². The van der Waals surface area contributed by atoms with Gasteiger partial charge in [-0.25, -0.2) is 9.97 Å². The first-order valence-corrected chi connectivity index (χ1v) is 8.95. The van der Waals surface area contributed by atoms with Crippen molar-refractivity contribution in [3.8, 4) is 0 Å². The number of aromatic nitrogens is 2. The first-order chi connectivity index (χ1) is 12.3. The van der Waals surface area contributed by atoms with Crippen LogP contribution in [0.3, 0.4) is 0 Å². The average Bonchev–Trinajstić information content (AvgIpc) is 3.05. The van der Waals surface area contributed by atoms with Gasteiger partial charge in [0, 0.05) is 51.8 Å². The van der Waals surface area contributed by atoms with Gasteiger partial charge in [0.15, 0.2) is 0 Å². The normalized spacial score (nSPS) is 22.6. The summed E-state index contributed by atoms with van der Waals surface area (Å²) in [6.45, 7) is 6.04. The lowest BCUT2D eigenvalue weighted by Gasteiger charge is -2.34. The fraction of sp³-hybridized carbons (Fsp3) is 0.706. The number of hydrogen-bond acceptors (Lipinski definition) is 5. The third-order valence-electron chi connectivity index (χ3n) is 5.14. The summed E-state index contributed by atoms with van der Waals surface area (Å²) in [6.07, 6.45) is -0.763. The van der Waals surface area contributed by atoms with Gasteiger partial charge < -0.3 is 15.1 Å². The zero-order chi connectivity index (χ0) is 18.7. The zero-order valence-electron chi connectivity index (χ0n) is 14.8. The van der Waals surface area contributed by atoms with E-state index >= 15 is 0 Å². The summed E-state index contributed by atoms with van der Waals surface area (Å²) < 4.78 is 38.2. The van der Waals surface area contributed by atoms with E-state index < -0.39 is 11.9 Å². The molecule has 1 unspecified atom stereocenters. The predicted molar refractivity (Wildman–Crippen MR) is 90.5 cm³/mol. The highest BCUT2D eigenvalue weighted by Crippen LogP contribution is 2.28. The smallest absolute Gasteiger partial charge is 0.367 e. The van der Waals surface area contributed by atoms with E-state index in [1.165, 1.54) is 0 Å². The van der Waals surface area contributed by atoms with Crippen LogP contribution >= 0.6 is 0 Å². The summed E-state index contributed by atoms with van der Waals surface area (Å²) in [4.78, 5) is 22.9. The van der Waals surface area contributed by atoms with E-state index in [1.807, 2.05) is 4.90 Å². The maximum atomic E-state index is 12.7. The summed E-state index contributed by atoms with van der Waals surface area (Å²) in [5.74, 6) is 0.872. The van der Waals surface area contributed by atoms with Gasteiger partial charge >= 0.3 is 6.18 Å². The molecule has 2 aliphatic rings. The van der Waals surface area contributed by atoms with Gasteiger partial charge in [0.05, 0.1) is 0 Å². The van der Waals surface area contributed by atoms with Gasteiger partial charge in [0.25, 0.3) is 0 Å². The molecule has 0 aromatic carbocycles. The average molecular weight is 371 g/mol. The number of hydrogen-bond donors (Lipinski definition) is 1. The zero-order valence-corrected chi connectivity index (χ0v) is 14.8. The lowest BCUT2D eigenvalue weighted by Crippen LogP contribution is -2.42. The molecule has 2 aliphatic heterocycles. The standard InChI is InChI=1S/C17H24F3N5O/c1-12(26)25-7-2-13(10-25)9-24-5-3-14(4-6-24)23-16-8-15(17(18,19)20)21-11-22-16/h8,11,13-14H,2-7,9-10H2,1H3,(H,21,22,23). The van der Waals surface area contributed by atoms with Crippen LogP contribution in [0.4, 0.5) is 19.0 Å². The Balaban J connectivity index is 1.45. The van der Waals surface area contributed by atoms with Gasteiger partial charge in [0.2, 0.25) is 5.91 Å². The predicted octanol–water partition coefficient (Wildman–Crippen LogP) is 2.24. The first kappa shape index (κ1) is 18.9. The molecule has 0 saturated carbocycles. The first-order valence-electron chi connectivity index (χ1n) is 8.95. The fourth-order valence-electron chi connectivity index (χ4n) is 3.69. The minimum absolute atomic E-state index is 0.111. The van der Waals surface area contributed by atoms with E-state index in [0.29, 0.717) is 5.92 Å². The molecule has 26 heavy (non-hydrogen) atoms. The number of piperidine rings is 1. The van der Waals surface area contributed by atoms with Crippen molar-refractivity contribution in [2.75, 3.05) is 38.0 Å². The third-order valence-corrected chi connectivity index (χ3v) is 5.14. The molecule has 2 saturated heterocycles. The van der Waals surface area contributed by atoms with Crippen LogP contribution in [0.25, 0.3) is 0 Å². The summed E-state index contributed by atoms with van der Waals surface area (Å²) in [5.41, 5.74) is -0.927. The van der Waals surface area contributed by atoms with E-state index in [9.17, 15) is 18.0 Å². The minimum atomic E-state index is -4.46. The SMILES string of the molecule is CC(=O)N1CCC(CN2CCC(Nc3cc(C(F)(F)F)ncn3)CC2)C1. The van der Waals surface area contributed by atoms with E-state index in [2.05, 4.69) is 20.2 Å². The molecule has 2 fully saturated rings. The second-order valence-corrected chi connectivity index (χ2v) is 7.13. The molecule has 3 heterocycles. The highest BCUT2D eigenvalue weighted by atomic mass is 19.4. The molecular formula is C17H24F3N5O. The third kappa shape index (κ3) is 4.84. The van der Waals surface area contributed by atoms with E-state index in [-0.39, 0.29) is 17.8 Å². The second-order valence-electron chi connectivity index (χ2n) is 7.13. The summed E-state index contributed by atoms with van der Waals surface area (Å²) in [7, 11) is 0. The van der Waals surface area contributed by atoms with Gasteiger partial charge in [-0.15, -0.1) is 0 Å². The van der Waals surface area contributed by atoms with Crippen LogP contribution in [-0.4, -0.2) is 64.4 Å². The van der Waals surface area contributed by atoms with Crippen LogP contribution in [0.15, 0.2) is 12.4 Å². The highest BCUT2D eigenvalue weighted by Gasteiger charge is 2.33. The fourth-order valence-corrected chi connectivity index (χ4v) is 3.69. The summed E-state index contributed by atoms with van der Waals surface area (Å²) in [6, 6.07) is 1.07. The Bertz CT molecular complexity index is 631. The lowest BCUT2D eigenvalue weighted by atomic mass is 10.0. The molecular weight excluding hydrogens is 347 g/mol. The Labute approximate surface area is 150 Å². The van der Waals surface area contributed by atoms with Gasteiger partial charge in [0.1, 0.15) is 17.8 Å². The number of alkyl halides is 3. The number of carbonyl (C=O) groups excluding carboxylic acids is 1. The van der Waals surface area contributed by atoms with Crippen molar-refractivity contribution in [1.29, 1.82) is 0 Å². The molecule has 6 nitrogen and oxygen atoms in total. The van der Waals surface area contributed by atoms with E-state index in [1.54, 1.807) is 6.92 Å². The van der Waals surface area contributed by atoms with Crippen molar-refractivity contribution in [2.45, 2.75) is 38.4 Å². The van der Waals surface area contributed by atoms with Crippen LogP contribution in [0.2, 0.25) is 0 Å². The monoisotopic (exact) mass is 371 g/mol. The van der Waals surface area contributed by atoms with Crippen LogP contribution < -0.4 is 5.32 Å². The van der Waals surface area contributed by atoms with E-state index in [0.717, 1.165) is 64.4 Å². The minimum Gasteiger partial charge on any atom is -0.367 e. The largest absolute Gasteiger partial charge is 0.433 e. The number of amides is 1. The van der Waals surface area contributed by atoms with Crippen molar-refractivity contribution in [1.82, 2.24) is 19.8 Å². The number of likely N-dealkylation sites (tertiary alicyclic amines) is 2. The Morgan fingerprint density at radius 1 is 1.23 bits per heavy atom. The topological polar surface area (TPSA) is 61.4 Å². The number of halogens is 3. The summed E-state index contributed by atoms with van der Waals surface area (Å²) >= 11 is 0. The van der Waals surface area contributed by atoms with Crippen LogP contribution in [0, 0.1) is 5.92 Å². The molecule has 1 aromatic rings. The quantitative estimate of drug-likeness (QED) is 0.880. The van der Waals surface area contributed by atoms with Gasteiger partial charge in [-0.3, -0.25) is 4.79 Å². The molecule has 1 N–H and O–H groups in total. The Morgan fingerprint density at radius 2 is 1.96 bits per heavy atom. The Kier molecular flexibility index (Phi) is 5.64. The molecule has 1 aromatic heterocycles. The van der Waals surface area contributed by atoms with Gasteiger partial charge in [-0.2, -0.15) is 13.2 Å². The number of nitrogens with one attached hydrogen (secondary N) is 1. The molecule has 0 spiro atoms. The van der Waals surface area contributed by atoms with Crippen molar-refractivity contribution in [3.05, 3.63) is 18.1 Å². The second kappa shape index (κ2) is 7.77. The molecule has 0 radical (unpaired) electrons. The molecule has 144 valence electrons. The Morgan fingerprint density at radius 3 is 2.58 bits per heavy atom. The maximum Gasteiger partial charge on any atom is 0.433 e. The molecule has 3 rings (SSSR count). The molecule has 0 bridgehead atoms. The van der Waals surface area contributed by atoms with Crippen LogP contribution in [0.5, 0.6) is 0 Å². The highest BCUT2D eigenvalue weighted by molar-refractivity contribution is 5.73. The van der Waals surface area contributed by atoms with Gasteiger partial charge in [-0.05, 0) is 25.2 Å². The van der Waals surface area contributed by atoms with Crippen molar-refractivity contribution >= 4 is 11.7 Å². The number of rotatable bonds is 4. The molecule has 0 aliphatic carbocycles. The van der Waals surface area contributed by atoms with Crippen molar-refractivity contribution < 1.29 is 18.0 Å². The Hall–Kier alpha value is -1.90. The number of nitrogens with zero attached hydrogens (tertiary/aromatic N) is 4. The number of anilines is 1. The van der Waals surface area contributed by atoms with E-state index in [4.69, 9.17) is 0 Å². The van der Waals surface area contributed by atoms with Crippen molar-refractivity contribution in [2.24, 2.45) is 5.92 Å². The molecule has 1 atom stereocenters. The molecule has 9 heteroatoms.